The van der Waals surface area contributed by atoms with E-state index in [-0.39, 0.29) is 18.6 Å². The summed E-state index contributed by atoms with van der Waals surface area (Å²) in [6.07, 6.45) is 4.23. The van der Waals surface area contributed by atoms with Crippen molar-refractivity contribution < 1.29 is 19.0 Å². The molecule has 1 unspecified atom stereocenters. The number of rotatable bonds is 8. The second kappa shape index (κ2) is 9.67. The van der Waals surface area contributed by atoms with E-state index in [4.69, 9.17) is 14.2 Å². The molecule has 1 fully saturated rings. The van der Waals surface area contributed by atoms with E-state index in [1.54, 1.807) is 24.9 Å². The highest BCUT2D eigenvalue weighted by Gasteiger charge is 2.16. The van der Waals surface area contributed by atoms with Gasteiger partial charge in [-0.3, -0.25) is 4.79 Å². The number of carbonyl (C=O) groups is 1. The molecule has 1 aliphatic rings. The standard InChI is InChI=1S/C21H25NO4S/c1-24-17-10-15(19-7-3-4-8-20(19)27-2)11-18(12-17)26-14-21(23)22-13-16-6-5-9-25-16/h3-4,7-8,10-12,16H,5-6,9,13-14H2,1-2H3,(H,22,23). The monoisotopic (exact) mass is 387 g/mol. The largest absolute Gasteiger partial charge is 0.497 e. The second-order valence-electron chi connectivity index (χ2n) is 6.33. The maximum absolute atomic E-state index is 12.1. The van der Waals surface area contributed by atoms with Crippen LogP contribution in [0.1, 0.15) is 12.8 Å². The fraction of sp³-hybridized carbons (Fsp3) is 0.381. The van der Waals surface area contributed by atoms with Crippen molar-refractivity contribution in [1.29, 1.82) is 0 Å². The predicted molar refractivity (Wildman–Crippen MR) is 108 cm³/mol. The Morgan fingerprint density at radius 3 is 2.81 bits per heavy atom. The molecule has 0 aromatic heterocycles. The van der Waals surface area contributed by atoms with E-state index in [9.17, 15) is 4.79 Å². The van der Waals surface area contributed by atoms with E-state index in [1.807, 2.05) is 24.3 Å². The normalized spacial score (nSPS) is 16.1. The number of hydrogen-bond acceptors (Lipinski definition) is 5. The number of carbonyl (C=O) groups excluding carboxylic acids is 1. The second-order valence-corrected chi connectivity index (χ2v) is 7.17. The fourth-order valence-corrected chi connectivity index (χ4v) is 3.66. The molecule has 2 aromatic carbocycles. The topological polar surface area (TPSA) is 56.8 Å². The summed E-state index contributed by atoms with van der Waals surface area (Å²) >= 11 is 1.69. The van der Waals surface area contributed by atoms with Crippen molar-refractivity contribution in [2.75, 3.05) is 33.1 Å². The Kier molecular flexibility index (Phi) is 7.01. The smallest absolute Gasteiger partial charge is 0.258 e. The fourth-order valence-electron chi connectivity index (χ4n) is 3.04. The summed E-state index contributed by atoms with van der Waals surface area (Å²) in [7, 11) is 1.62. The average molecular weight is 388 g/mol. The zero-order valence-corrected chi connectivity index (χ0v) is 16.5. The highest BCUT2D eigenvalue weighted by molar-refractivity contribution is 7.98. The lowest BCUT2D eigenvalue weighted by Gasteiger charge is -2.14. The molecule has 2 aromatic rings. The molecule has 3 rings (SSSR count). The quantitative estimate of drug-likeness (QED) is 0.699. The van der Waals surface area contributed by atoms with Crippen molar-refractivity contribution in [1.82, 2.24) is 5.32 Å². The van der Waals surface area contributed by atoms with Crippen LogP contribution in [0.3, 0.4) is 0 Å². The van der Waals surface area contributed by atoms with Crippen LogP contribution in [0.25, 0.3) is 11.1 Å². The average Bonchev–Trinajstić information content (AvgIpc) is 3.24. The highest BCUT2D eigenvalue weighted by atomic mass is 32.2. The summed E-state index contributed by atoms with van der Waals surface area (Å²) in [6, 6.07) is 13.9. The van der Waals surface area contributed by atoms with E-state index in [0.29, 0.717) is 18.0 Å². The number of amides is 1. The molecule has 6 heteroatoms. The van der Waals surface area contributed by atoms with Gasteiger partial charge < -0.3 is 19.5 Å². The molecule has 1 saturated heterocycles. The Balaban J connectivity index is 1.67. The highest BCUT2D eigenvalue weighted by Crippen LogP contribution is 2.35. The molecule has 1 amide bonds. The van der Waals surface area contributed by atoms with Crippen LogP contribution in [0.2, 0.25) is 0 Å². The van der Waals surface area contributed by atoms with Gasteiger partial charge in [0, 0.05) is 24.1 Å². The predicted octanol–water partition coefficient (Wildman–Crippen LogP) is 3.76. The minimum Gasteiger partial charge on any atom is -0.497 e. The molecular weight excluding hydrogens is 362 g/mol. The van der Waals surface area contributed by atoms with Gasteiger partial charge in [0.1, 0.15) is 11.5 Å². The zero-order chi connectivity index (χ0) is 19.1. The van der Waals surface area contributed by atoms with Gasteiger partial charge in [0.2, 0.25) is 0 Å². The van der Waals surface area contributed by atoms with Crippen LogP contribution in [0.4, 0.5) is 0 Å². The Bertz CT molecular complexity index is 775. The summed E-state index contributed by atoms with van der Waals surface area (Å²) in [4.78, 5) is 13.2. The van der Waals surface area contributed by atoms with Gasteiger partial charge in [-0.05, 0) is 48.4 Å². The number of nitrogens with one attached hydrogen (secondary N) is 1. The minimum absolute atomic E-state index is 0.0382. The van der Waals surface area contributed by atoms with Crippen LogP contribution in [0.5, 0.6) is 11.5 Å². The SMILES string of the molecule is COc1cc(OCC(=O)NCC2CCCO2)cc(-c2ccccc2SC)c1. The lowest BCUT2D eigenvalue weighted by atomic mass is 10.0. The first kappa shape index (κ1) is 19.6. The van der Waals surface area contributed by atoms with Gasteiger partial charge in [0.15, 0.2) is 6.61 Å². The number of benzene rings is 2. The third-order valence-corrected chi connectivity index (χ3v) is 5.25. The van der Waals surface area contributed by atoms with Gasteiger partial charge in [0.05, 0.1) is 13.2 Å². The van der Waals surface area contributed by atoms with E-state index in [2.05, 4.69) is 23.7 Å². The van der Waals surface area contributed by atoms with Crippen LogP contribution in [0.15, 0.2) is 47.4 Å². The molecule has 27 heavy (non-hydrogen) atoms. The first-order valence-corrected chi connectivity index (χ1v) is 10.3. The van der Waals surface area contributed by atoms with E-state index in [1.165, 1.54) is 4.90 Å². The number of methoxy groups -OCH3 is 1. The third kappa shape index (κ3) is 5.40. The molecule has 1 atom stereocenters. The van der Waals surface area contributed by atoms with Crippen molar-refractivity contribution in [3.05, 3.63) is 42.5 Å². The van der Waals surface area contributed by atoms with Crippen molar-refractivity contribution in [3.63, 3.8) is 0 Å². The molecular formula is C21H25NO4S. The van der Waals surface area contributed by atoms with Crippen molar-refractivity contribution in [2.24, 2.45) is 0 Å². The zero-order valence-electron chi connectivity index (χ0n) is 15.7. The third-order valence-electron chi connectivity index (χ3n) is 4.45. The lowest BCUT2D eigenvalue weighted by Crippen LogP contribution is -2.35. The van der Waals surface area contributed by atoms with Gasteiger partial charge in [-0.25, -0.2) is 0 Å². The molecule has 0 spiro atoms. The molecule has 1 N–H and O–H groups in total. The van der Waals surface area contributed by atoms with Gasteiger partial charge in [0.25, 0.3) is 5.91 Å². The summed E-state index contributed by atoms with van der Waals surface area (Å²) < 4.78 is 16.6. The Morgan fingerprint density at radius 2 is 2.07 bits per heavy atom. The van der Waals surface area contributed by atoms with Gasteiger partial charge in [-0.15, -0.1) is 11.8 Å². The maximum Gasteiger partial charge on any atom is 0.258 e. The summed E-state index contributed by atoms with van der Waals surface area (Å²) in [5, 5.41) is 2.86. The van der Waals surface area contributed by atoms with E-state index in [0.717, 1.165) is 30.6 Å². The van der Waals surface area contributed by atoms with Crippen LogP contribution >= 0.6 is 11.8 Å². The Morgan fingerprint density at radius 1 is 1.26 bits per heavy atom. The first-order chi connectivity index (χ1) is 13.2. The molecule has 1 aliphatic heterocycles. The number of thioether (sulfide) groups is 1. The molecule has 0 saturated carbocycles. The van der Waals surface area contributed by atoms with E-state index >= 15 is 0 Å². The summed E-state index contributed by atoms with van der Waals surface area (Å²) in [5.41, 5.74) is 2.10. The number of ether oxygens (including phenoxy) is 3. The minimum atomic E-state index is -0.153. The Labute approximate surface area is 164 Å². The number of hydrogen-bond donors (Lipinski definition) is 1. The molecule has 144 valence electrons. The van der Waals surface area contributed by atoms with Crippen molar-refractivity contribution >= 4 is 17.7 Å². The molecule has 0 bridgehead atoms. The van der Waals surface area contributed by atoms with Crippen LogP contribution in [-0.2, 0) is 9.53 Å². The molecule has 0 radical (unpaired) electrons. The summed E-state index contributed by atoms with van der Waals surface area (Å²) in [5.74, 6) is 1.14. The Hall–Kier alpha value is -2.18. The van der Waals surface area contributed by atoms with Crippen molar-refractivity contribution in [2.45, 2.75) is 23.8 Å². The van der Waals surface area contributed by atoms with Gasteiger partial charge in [-0.1, -0.05) is 18.2 Å². The molecule has 0 aliphatic carbocycles. The van der Waals surface area contributed by atoms with Crippen LogP contribution in [-0.4, -0.2) is 45.1 Å². The van der Waals surface area contributed by atoms with Gasteiger partial charge >= 0.3 is 0 Å². The molecule has 5 nitrogen and oxygen atoms in total. The lowest BCUT2D eigenvalue weighted by molar-refractivity contribution is -0.123. The molecule has 1 heterocycles. The van der Waals surface area contributed by atoms with Crippen molar-refractivity contribution in [3.8, 4) is 22.6 Å². The van der Waals surface area contributed by atoms with Gasteiger partial charge in [-0.2, -0.15) is 0 Å². The maximum atomic E-state index is 12.1. The van der Waals surface area contributed by atoms with Crippen LogP contribution < -0.4 is 14.8 Å². The first-order valence-electron chi connectivity index (χ1n) is 9.03. The van der Waals surface area contributed by atoms with E-state index < -0.39 is 0 Å². The van der Waals surface area contributed by atoms with Crippen LogP contribution in [0, 0.1) is 0 Å². The summed E-state index contributed by atoms with van der Waals surface area (Å²) in [6.45, 7) is 1.28.